The maximum absolute atomic E-state index is 5.84. The van der Waals surface area contributed by atoms with Gasteiger partial charge < -0.3 is 9.47 Å². The second-order valence-corrected chi connectivity index (χ2v) is 6.21. The van der Waals surface area contributed by atoms with Crippen LogP contribution in [-0.2, 0) is 0 Å². The second kappa shape index (κ2) is 8.28. The molecule has 2 rings (SSSR count). The SMILES string of the molecule is Cc1c(OC(C)C)ccc2cc(OCCCCCCl)ccc12. The van der Waals surface area contributed by atoms with Gasteiger partial charge in [0.2, 0.25) is 0 Å². The van der Waals surface area contributed by atoms with Crippen LogP contribution >= 0.6 is 11.6 Å². The van der Waals surface area contributed by atoms with Gasteiger partial charge in [0.05, 0.1) is 12.7 Å². The molecule has 22 heavy (non-hydrogen) atoms. The average molecular weight is 321 g/mol. The van der Waals surface area contributed by atoms with E-state index >= 15 is 0 Å². The Bertz CT molecular complexity index is 608. The van der Waals surface area contributed by atoms with Crippen molar-refractivity contribution < 1.29 is 9.47 Å². The molecule has 3 heteroatoms. The van der Waals surface area contributed by atoms with E-state index in [9.17, 15) is 0 Å². The van der Waals surface area contributed by atoms with Crippen molar-refractivity contribution in [3.63, 3.8) is 0 Å². The van der Waals surface area contributed by atoms with Crippen molar-refractivity contribution in [2.75, 3.05) is 12.5 Å². The number of fused-ring (bicyclic) bond motifs is 1. The third-order valence-electron chi connectivity index (χ3n) is 3.62. The minimum Gasteiger partial charge on any atom is -0.494 e. The highest BCUT2D eigenvalue weighted by molar-refractivity contribution is 6.17. The lowest BCUT2D eigenvalue weighted by Crippen LogP contribution is -2.06. The summed E-state index contributed by atoms with van der Waals surface area (Å²) in [6.07, 6.45) is 3.41. The molecule has 0 fully saturated rings. The van der Waals surface area contributed by atoms with E-state index in [1.165, 1.54) is 16.3 Å². The normalized spacial score (nSPS) is 11.1. The van der Waals surface area contributed by atoms with Crippen LogP contribution in [0.1, 0.15) is 38.7 Å². The molecule has 2 aromatic carbocycles. The molecule has 0 saturated heterocycles. The fourth-order valence-corrected chi connectivity index (χ4v) is 2.67. The van der Waals surface area contributed by atoms with E-state index in [4.69, 9.17) is 21.1 Å². The molecule has 120 valence electrons. The number of rotatable bonds is 8. The highest BCUT2D eigenvalue weighted by Gasteiger charge is 2.07. The minimum absolute atomic E-state index is 0.187. The molecule has 0 amide bonds. The standard InChI is InChI=1S/C19H25ClO2/c1-14(2)22-19-10-7-16-13-17(8-9-18(16)15(19)3)21-12-6-4-5-11-20/h7-10,13-14H,4-6,11-12H2,1-3H3. The molecule has 0 aliphatic carbocycles. The monoisotopic (exact) mass is 320 g/mol. The van der Waals surface area contributed by atoms with E-state index in [0.717, 1.165) is 43.2 Å². The molecule has 0 radical (unpaired) electrons. The molecule has 0 aliphatic rings. The van der Waals surface area contributed by atoms with Crippen LogP contribution in [0.5, 0.6) is 11.5 Å². The topological polar surface area (TPSA) is 18.5 Å². The lowest BCUT2D eigenvalue weighted by molar-refractivity contribution is 0.241. The summed E-state index contributed by atoms with van der Waals surface area (Å²) in [5, 5.41) is 2.40. The predicted molar refractivity (Wildman–Crippen MR) is 94.5 cm³/mol. The summed E-state index contributed by atoms with van der Waals surface area (Å²) in [5.74, 6) is 2.61. The van der Waals surface area contributed by atoms with Crippen LogP contribution in [0, 0.1) is 6.92 Å². The van der Waals surface area contributed by atoms with Crippen molar-refractivity contribution >= 4 is 22.4 Å². The fraction of sp³-hybridized carbons (Fsp3) is 0.474. The highest BCUT2D eigenvalue weighted by atomic mass is 35.5. The number of hydrogen-bond acceptors (Lipinski definition) is 2. The van der Waals surface area contributed by atoms with Gasteiger partial charge in [0.15, 0.2) is 0 Å². The average Bonchev–Trinajstić information content (AvgIpc) is 2.49. The van der Waals surface area contributed by atoms with Gasteiger partial charge >= 0.3 is 0 Å². The van der Waals surface area contributed by atoms with Crippen LogP contribution in [0.2, 0.25) is 0 Å². The first-order valence-electron chi connectivity index (χ1n) is 8.00. The minimum atomic E-state index is 0.187. The Labute approximate surface area is 138 Å². The van der Waals surface area contributed by atoms with Gasteiger partial charge in [-0.1, -0.05) is 12.1 Å². The van der Waals surface area contributed by atoms with Crippen LogP contribution in [0.4, 0.5) is 0 Å². The summed E-state index contributed by atoms with van der Waals surface area (Å²) in [6, 6.07) is 10.4. The predicted octanol–water partition coefficient (Wildman–Crippen LogP) is 5.72. The Hall–Kier alpha value is -1.41. The van der Waals surface area contributed by atoms with Crippen molar-refractivity contribution in [3.05, 3.63) is 35.9 Å². The molecule has 0 atom stereocenters. The molecule has 0 aromatic heterocycles. The van der Waals surface area contributed by atoms with Crippen molar-refractivity contribution in [1.29, 1.82) is 0 Å². The van der Waals surface area contributed by atoms with Crippen LogP contribution in [0.25, 0.3) is 10.8 Å². The van der Waals surface area contributed by atoms with Gasteiger partial charge in [-0.25, -0.2) is 0 Å². The van der Waals surface area contributed by atoms with E-state index in [-0.39, 0.29) is 6.10 Å². The molecule has 0 N–H and O–H groups in total. The Morgan fingerprint density at radius 2 is 1.86 bits per heavy atom. The van der Waals surface area contributed by atoms with Crippen molar-refractivity contribution in [3.8, 4) is 11.5 Å². The number of halogens is 1. The Kier molecular flexibility index (Phi) is 6.38. The lowest BCUT2D eigenvalue weighted by Gasteiger charge is -2.15. The molecular weight excluding hydrogens is 296 g/mol. The molecule has 2 aromatic rings. The first-order chi connectivity index (χ1) is 10.6. The van der Waals surface area contributed by atoms with E-state index in [2.05, 4.69) is 25.1 Å². The van der Waals surface area contributed by atoms with Crippen molar-refractivity contribution in [2.45, 2.75) is 46.1 Å². The quantitative estimate of drug-likeness (QED) is 0.457. The number of unbranched alkanes of at least 4 members (excludes halogenated alkanes) is 2. The summed E-state index contributed by atoms with van der Waals surface area (Å²) in [6.45, 7) is 6.94. The van der Waals surface area contributed by atoms with Crippen LogP contribution < -0.4 is 9.47 Å². The van der Waals surface area contributed by atoms with E-state index in [1.807, 2.05) is 26.0 Å². The molecule has 0 bridgehead atoms. The van der Waals surface area contributed by atoms with E-state index in [0.29, 0.717) is 0 Å². The molecule has 0 unspecified atom stereocenters. The van der Waals surface area contributed by atoms with Gasteiger partial charge in [-0.2, -0.15) is 0 Å². The van der Waals surface area contributed by atoms with Gasteiger partial charge in [-0.3, -0.25) is 0 Å². The molecule has 0 spiro atoms. The first kappa shape index (κ1) is 17.0. The number of benzene rings is 2. The van der Waals surface area contributed by atoms with E-state index < -0.39 is 0 Å². The van der Waals surface area contributed by atoms with Gasteiger partial charge in [0.1, 0.15) is 11.5 Å². The number of alkyl halides is 1. The zero-order chi connectivity index (χ0) is 15.9. The summed E-state index contributed by atoms with van der Waals surface area (Å²) in [4.78, 5) is 0. The van der Waals surface area contributed by atoms with Crippen molar-refractivity contribution in [1.82, 2.24) is 0 Å². The van der Waals surface area contributed by atoms with Gasteiger partial charge in [0, 0.05) is 5.88 Å². The number of hydrogen-bond donors (Lipinski definition) is 0. The second-order valence-electron chi connectivity index (χ2n) is 5.84. The van der Waals surface area contributed by atoms with Gasteiger partial charge in [-0.05, 0) is 74.6 Å². The summed E-state index contributed by atoms with van der Waals surface area (Å²) >= 11 is 5.67. The number of aryl methyl sites for hydroxylation is 1. The summed E-state index contributed by atoms with van der Waals surface area (Å²) < 4.78 is 11.7. The Morgan fingerprint density at radius 3 is 2.59 bits per heavy atom. The zero-order valence-corrected chi connectivity index (χ0v) is 14.5. The fourth-order valence-electron chi connectivity index (χ4n) is 2.48. The number of ether oxygens (including phenoxy) is 2. The maximum Gasteiger partial charge on any atom is 0.123 e. The zero-order valence-electron chi connectivity index (χ0n) is 13.7. The Balaban J connectivity index is 2.08. The highest BCUT2D eigenvalue weighted by Crippen LogP contribution is 2.30. The first-order valence-corrected chi connectivity index (χ1v) is 8.54. The molecule has 0 aliphatic heterocycles. The smallest absolute Gasteiger partial charge is 0.123 e. The van der Waals surface area contributed by atoms with Gasteiger partial charge in [0.25, 0.3) is 0 Å². The van der Waals surface area contributed by atoms with Crippen LogP contribution in [-0.4, -0.2) is 18.6 Å². The molecule has 2 nitrogen and oxygen atoms in total. The Morgan fingerprint density at radius 1 is 1.05 bits per heavy atom. The van der Waals surface area contributed by atoms with Crippen LogP contribution in [0.3, 0.4) is 0 Å². The van der Waals surface area contributed by atoms with Gasteiger partial charge in [-0.15, -0.1) is 11.6 Å². The lowest BCUT2D eigenvalue weighted by atomic mass is 10.0. The summed E-state index contributed by atoms with van der Waals surface area (Å²) in [7, 11) is 0. The maximum atomic E-state index is 5.84. The summed E-state index contributed by atoms with van der Waals surface area (Å²) in [5.41, 5.74) is 1.18. The third kappa shape index (κ3) is 4.54. The third-order valence-corrected chi connectivity index (χ3v) is 3.89. The van der Waals surface area contributed by atoms with Crippen molar-refractivity contribution in [2.24, 2.45) is 0 Å². The van der Waals surface area contributed by atoms with Crippen LogP contribution in [0.15, 0.2) is 30.3 Å². The molecule has 0 heterocycles. The largest absolute Gasteiger partial charge is 0.494 e. The molecular formula is C19H25ClO2. The van der Waals surface area contributed by atoms with E-state index in [1.54, 1.807) is 0 Å². The molecule has 0 saturated carbocycles.